The van der Waals surface area contributed by atoms with Crippen LogP contribution in [0.4, 0.5) is 0 Å². The molecule has 0 spiro atoms. The van der Waals surface area contributed by atoms with Crippen molar-refractivity contribution in [2.45, 2.75) is 31.7 Å². The Bertz CT molecular complexity index is 340. The Balaban J connectivity index is 1.99. The van der Waals surface area contributed by atoms with Gasteiger partial charge in [-0.15, -0.1) is 11.3 Å². The fourth-order valence-electron chi connectivity index (χ4n) is 2.20. The molecule has 0 aliphatic carbocycles. The highest BCUT2D eigenvalue weighted by molar-refractivity contribution is 7.07. The lowest BCUT2D eigenvalue weighted by Gasteiger charge is -2.23. The summed E-state index contributed by atoms with van der Waals surface area (Å²) in [5.41, 5.74) is 2.24. The molecule has 1 aromatic heterocycles. The molecule has 1 saturated heterocycles. The molecular weight excluding hydrogens is 224 g/mol. The second-order valence-electron chi connectivity index (χ2n) is 4.03. The third kappa shape index (κ3) is 2.41. The second-order valence-corrected chi connectivity index (χ2v) is 4.75. The minimum absolute atomic E-state index is 0.0432. The first-order valence-corrected chi connectivity index (χ1v) is 6.57. The number of rotatable bonds is 4. The number of nitrogens with zero attached hydrogens (tertiary/aromatic N) is 2. The largest absolute Gasteiger partial charge is 0.396 e. The summed E-state index contributed by atoms with van der Waals surface area (Å²) in [6.07, 6.45) is 3.78. The third-order valence-electron chi connectivity index (χ3n) is 2.98. The van der Waals surface area contributed by atoms with Crippen LogP contribution in [0.2, 0.25) is 0 Å². The van der Waals surface area contributed by atoms with E-state index in [1.54, 1.807) is 10.9 Å². The summed E-state index contributed by atoms with van der Waals surface area (Å²) in [6, 6.07) is 0.293. The van der Waals surface area contributed by atoms with E-state index >= 15 is 0 Å². The monoisotopic (exact) mass is 240 g/mol. The van der Waals surface area contributed by atoms with E-state index < -0.39 is 0 Å². The molecule has 2 rings (SSSR count). The topological polar surface area (TPSA) is 53.4 Å². The number of aliphatic hydroxyl groups is 1. The molecule has 16 heavy (non-hydrogen) atoms. The molecule has 5 heteroatoms. The van der Waals surface area contributed by atoms with Crippen molar-refractivity contribution in [3.8, 4) is 0 Å². The molecule has 88 valence electrons. The Morgan fingerprint density at radius 3 is 3.25 bits per heavy atom. The lowest BCUT2D eigenvalue weighted by Crippen LogP contribution is -2.35. The van der Waals surface area contributed by atoms with E-state index in [4.69, 9.17) is 5.11 Å². The number of likely N-dealkylation sites (tertiary alicyclic amines) is 1. The summed E-state index contributed by atoms with van der Waals surface area (Å²) >= 11 is 1.45. The number of thiazole rings is 1. The van der Waals surface area contributed by atoms with Gasteiger partial charge in [0.05, 0.1) is 5.51 Å². The first-order chi connectivity index (χ1) is 7.83. The molecule has 1 aliphatic heterocycles. The van der Waals surface area contributed by atoms with Gasteiger partial charge in [-0.3, -0.25) is 4.79 Å². The van der Waals surface area contributed by atoms with Gasteiger partial charge in [0.2, 0.25) is 0 Å². The summed E-state index contributed by atoms with van der Waals surface area (Å²) in [4.78, 5) is 18.1. The second kappa shape index (κ2) is 5.41. The first-order valence-electron chi connectivity index (χ1n) is 5.63. The number of hydrogen-bond donors (Lipinski definition) is 1. The van der Waals surface area contributed by atoms with Crippen molar-refractivity contribution in [1.82, 2.24) is 9.88 Å². The van der Waals surface area contributed by atoms with Crippen LogP contribution in [0.15, 0.2) is 10.9 Å². The predicted octanol–water partition coefficient (Wildman–Crippen LogP) is 1.52. The summed E-state index contributed by atoms with van der Waals surface area (Å²) in [6.45, 7) is 1.03. The molecule has 0 aromatic carbocycles. The predicted molar refractivity (Wildman–Crippen MR) is 62.5 cm³/mol. The van der Waals surface area contributed by atoms with Crippen LogP contribution in [-0.2, 0) is 0 Å². The minimum Gasteiger partial charge on any atom is -0.396 e. The fourth-order valence-corrected chi connectivity index (χ4v) is 2.72. The van der Waals surface area contributed by atoms with Crippen LogP contribution in [0.1, 0.15) is 36.2 Å². The van der Waals surface area contributed by atoms with Crippen LogP contribution < -0.4 is 0 Å². The van der Waals surface area contributed by atoms with Crippen molar-refractivity contribution in [3.05, 3.63) is 16.6 Å². The Hall–Kier alpha value is -0.940. The zero-order chi connectivity index (χ0) is 11.4. The lowest BCUT2D eigenvalue weighted by atomic mass is 10.1. The Labute approximate surface area is 98.9 Å². The van der Waals surface area contributed by atoms with Crippen LogP contribution in [-0.4, -0.2) is 40.1 Å². The van der Waals surface area contributed by atoms with E-state index in [2.05, 4.69) is 4.98 Å². The van der Waals surface area contributed by atoms with Crippen LogP contribution in [0.25, 0.3) is 0 Å². The van der Waals surface area contributed by atoms with E-state index in [-0.39, 0.29) is 12.5 Å². The Morgan fingerprint density at radius 1 is 1.69 bits per heavy atom. The van der Waals surface area contributed by atoms with Gasteiger partial charge in [-0.1, -0.05) is 0 Å². The van der Waals surface area contributed by atoms with Gasteiger partial charge in [0, 0.05) is 24.6 Å². The molecule has 0 saturated carbocycles. The highest BCUT2D eigenvalue weighted by Crippen LogP contribution is 2.23. The number of carbonyl (C=O) groups is 1. The Kier molecular flexibility index (Phi) is 3.90. The standard InChI is InChI=1S/C11H16N2O2S/c14-6-2-4-9-3-1-5-13(9)11(15)10-7-16-8-12-10/h7-9,14H,1-6H2. The average Bonchev–Trinajstić information content (AvgIpc) is 2.96. The van der Waals surface area contributed by atoms with Crippen molar-refractivity contribution >= 4 is 17.2 Å². The molecule has 1 atom stereocenters. The average molecular weight is 240 g/mol. The van der Waals surface area contributed by atoms with Gasteiger partial charge in [-0.25, -0.2) is 4.98 Å². The molecule has 0 bridgehead atoms. The summed E-state index contributed by atoms with van der Waals surface area (Å²) in [7, 11) is 0. The van der Waals surface area contributed by atoms with Crippen LogP contribution in [0.3, 0.4) is 0 Å². The Morgan fingerprint density at radius 2 is 2.56 bits per heavy atom. The van der Waals surface area contributed by atoms with E-state index in [1.807, 2.05) is 4.90 Å². The van der Waals surface area contributed by atoms with E-state index in [9.17, 15) is 4.79 Å². The van der Waals surface area contributed by atoms with Gasteiger partial charge in [0.15, 0.2) is 0 Å². The molecule has 1 N–H and O–H groups in total. The molecule has 0 radical (unpaired) electrons. The maximum atomic E-state index is 12.1. The molecule has 1 fully saturated rings. The summed E-state index contributed by atoms with van der Waals surface area (Å²) in [5, 5.41) is 10.6. The smallest absolute Gasteiger partial charge is 0.273 e. The molecule has 1 aliphatic rings. The van der Waals surface area contributed by atoms with Gasteiger partial charge in [-0.05, 0) is 25.7 Å². The molecule has 4 nitrogen and oxygen atoms in total. The third-order valence-corrected chi connectivity index (χ3v) is 3.57. The number of amides is 1. The molecule has 1 unspecified atom stereocenters. The minimum atomic E-state index is 0.0432. The zero-order valence-corrected chi connectivity index (χ0v) is 9.95. The van der Waals surface area contributed by atoms with E-state index in [1.165, 1.54) is 11.3 Å². The maximum absolute atomic E-state index is 12.1. The highest BCUT2D eigenvalue weighted by Gasteiger charge is 2.29. The molecule has 2 heterocycles. The quantitative estimate of drug-likeness (QED) is 0.868. The molecule has 1 aromatic rings. The zero-order valence-electron chi connectivity index (χ0n) is 9.13. The van der Waals surface area contributed by atoms with Crippen LogP contribution in [0, 0.1) is 0 Å². The van der Waals surface area contributed by atoms with Crippen molar-refractivity contribution in [3.63, 3.8) is 0 Å². The van der Waals surface area contributed by atoms with Crippen molar-refractivity contribution in [2.75, 3.05) is 13.2 Å². The van der Waals surface area contributed by atoms with Crippen molar-refractivity contribution < 1.29 is 9.90 Å². The number of hydrogen-bond acceptors (Lipinski definition) is 4. The van der Waals surface area contributed by atoms with E-state index in [0.29, 0.717) is 11.7 Å². The molecule has 1 amide bonds. The SMILES string of the molecule is O=C(c1cscn1)N1CCCC1CCCO. The van der Waals surface area contributed by atoms with Gasteiger partial charge in [0.25, 0.3) is 5.91 Å². The van der Waals surface area contributed by atoms with Crippen LogP contribution >= 0.6 is 11.3 Å². The number of aliphatic hydroxyl groups excluding tert-OH is 1. The first kappa shape index (κ1) is 11.5. The van der Waals surface area contributed by atoms with Gasteiger partial charge < -0.3 is 10.0 Å². The highest BCUT2D eigenvalue weighted by atomic mass is 32.1. The molecular formula is C11H16N2O2S. The van der Waals surface area contributed by atoms with Gasteiger partial charge >= 0.3 is 0 Å². The summed E-state index contributed by atoms with van der Waals surface area (Å²) in [5.74, 6) is 0.0432. The summed E-state index contributed by atoms with van der Waals surface area (Å²) < 4.78 is 0. The number of aromatic nitrogens is 1. The van der Waals surface area contributed by atoms with Gasteiger partial charge in [0.1, 0.15) is 5.69 Å². The van der Waals surface area contributed by atoms with Crippen molar-refractivity contribution in [1.29, 1.82) is 0 Å². The van der Waals surface area contributed by atoms with Crippen molar-refractivity contribution in [2.24, 2.45) is 0 Å². The van der Waals surface area contributed by atoms with Gasteiger partial charge in [-0.2, -0.15) is 0 Å². The van der Waals surface area contributed by atoms with Crippen LogP contribution in [0.5, 0.6) is 0 Å². The number of carbonyl (C=O) groups excluding carboxylic acids is 1. The normalized spacial score (nSPS) is 20.3. The fraction of sp³-hybridized carbons (Fsp3) is 0.636. The van der Waals surface area contributed by atoms with E-state index in [0.717, 1.165) is 32.2 Å². The maximum Gasteiger partial charge on any atom is 0.273 e. The lowest BCUT2D eigenvalue weighted by molar-refractivity contribution is 0.0719.